The van der Waals surface area contributed by atoms with Crippen molar-refractivity contribution in [2.24, 2.45) is 0 Å². The van der Waals surface area contributed by atoms with Gasteiger partial charge in [0.1, 0.15) is 5.76 Å². The summed E-state index contributed by atoms with van der Waals surface area (Å²) in [5, 5.41) is 4.34. The van der Waals surface area contributed by atoms with Crippen molar-refractivity contribution in [3.63, 3.8) is 0 Å². The average molecular weight is 398 g/mol. The van der Waals surface area contributed by atoms with Crippen LogP contribution >= 0.6 is 11.6 Å². The SMILES string of the molecule is Cc1noc(C)c1CC(=O)N1CCN(S(=O)(=O)c2ccc(Cl)cc2)CC1. The van der Waals surface area contributed by atoms with E-state index >= 15 is 0 Å². The van der Waals surface area contributed by atoms with Gasteiger partial charge in [-0.15, -0.1) is 0 Å². The van der Waals surface area contributed by atoms with Crippen molar-refractivity contribution in [3.05, 3.63) is 46.3 Å². The molecule has 0 unspecified atom stereocenters. The molecule has 0 N–H and O–H groups in total. The van der Waals surface area contributed by atoms with Gasteiger partial charge in [0.2, 0.25) is 15.9 Å². The lowest BCUT2D eigenvalue weighted by molar-refractivity contribution is -0.131. The molecule has 140 valence electrons. The molecular weight excluding hydrogens is 378 g/mol. The second-order valence-corrected chi connectivity index (χ2v) is 8.59. The number of sulfonamides is 1. The Morgan fingerprint density at radius 2 is 1.77 bits per heavy atom. The molecule has 1 aliphatic heterocycles. The number of halogens is 1. The van der Waals surface area contributed by atoms with E-state index in [4.69, 9.17) is 16.1 Å². The maximum atomic E-state index is 12.7. The molecular formula is C17H20ClN3O4S. The third-order valence-corrected chi connectivity index (χ3v) is 6.72. The number of rotatable bonds is 4. The number of carbonyl (C=O) groups is 1. The molecule has 2 aromatic rings. The number of hydrogen-bond donors (Lipinski definition) is 0. The lowest BCUT2D eigenvalue weighted by Gasteiger charge is -2.34. The molecule has 1 aromatic carbocycles. The van der Waals surface area contributed by atoms with Crippen LogP contribution < -0.4 is 0 Å². The summed E-state index contributed by atoms with van der Waals surface area (Å²) in [4.78, 5) is 14.4. The van der Waals surface area contributed by atoms with Gasteiger partial charge >= 0.3 is 0 Å². The molecule has 1 aromatic heterocycles. The zero-order valence-electron chi connectivity index (χ0n) is 14.6. The lowest BCUT2D eigenvalue weighted by Crippen LogP contribution is -2.50. The third-order valence-electron chi connectivity index (χ3n) is 4.55. The molecule has 1 aliphatic rings. The Bertz CT molecular complexity index is 881. The standard InChI is InChI=1S/C17H20ClN3O4S/c1-12-16(13(2)25-19-12)11-17(22)20-7-9-21(10-8-20)26(23,24)15-5-3-14(18)4-6-15/h3-6H,7-11H2,1-2H3. The molecule has 0 saturated carbocycles. The van der Waals surface area contributed by atoms with Crippen LogP contribution in [0.25, 0.3) is 0 Å². The molecule has 0 spiro atoms. The van der Waals surface area contributed by atoms with Gasteiger partial charge in [0, 0.05) is 36.8 Å². The van der Waals surface area contributed by atoms with Crippen molar-refractivity contribution in [3.8, 4) is 0 Å². The average Bonchev–Trinajstić information content (AvgIpc) is 2.94. The number of piperazine rings is 1. The fourth-order valence-electron chi connectivity index (χ4n) is 2.95. The minimum atomic E-state index is -3.58. The first kappa shape index (κ1) is 18.9. The summed E-state index contributed by atoms with van der Waals surface area (Å²) < 4.78 is 31.8. The first-order chi connectivity index (χ1) is 12.3. The van der Waals surface area contributed by atoms with E-state index in [1.165, 1.54) is 16.4 Å². The summed E-state index contributed by atoms with van der Waals surface area (Å²) in [6.45, 7) is 4.82. The van der Waals surface area contributed by atoms with Crippen LogP contribution in [0.1, 0.15) is 17.0 Å². The Hall–Kier alpha value is -1.90. The van der Waals surface area contributed by atoms with Crippen LogP contribution in [0, 0.1) is 13.8 Å². The highest BCUT2D eigenvalue weighted by atomic mass is 35.5. The molecule has 9 heteroatoms. The Morgan fingerprint density at radius 3 is 2.31 bits per heavy atom. The van der Waals surface area contributed by atoms with Gasteiger partial charge in [-0.3, -0.25) is 4.79 Å². The van der Waals surface area contributed by atoms with Gasteiger partial charge in [-0.05, 0) is 38.1 Å². The highest BCUT2D eigenvalue weighted by Gasteiger charge is 2.30. The van der Waals surface area contributed by atoms with E-state index in [2.05, 4.69) is 5.16 Å². The smallest absolute Gasteiger partial charge is 0.243 e. The Kier molecular flexibility index (Phi) is 5.36. The largest absolute Gasteiger partial charge is 0.361 e. The second kappa shape index (κ2) is 7.38. The van der Waals surface area contributed by atoms with Crippen LogP contribution in [0.5, 0.6) is 0 Å². The number of benzene rings is 1. The van der Waals surface area contributed by atoms with Crippen molar-refractivity contribution in [1.29, 1.82) is 0 Å². The Balaban J connectivity index is 1.63. The topological polar surface area (TPSA) is 83.7 Å². The maximum Gasteiger partial charge on any atom is 0.243 e. The molecule has 1 fully saturated rings. The first-order valence-electron chi connectivity index (χ1n) is 8.24. The van der Waals surface area contributed by atoms with Crippen LogP contribution in [0.4, 0.5) is 0 Å². The lowest BCUT2D eigenvalue weighted by atomic mass is 10.1. The van der Waals surface area contributed by atoms with E-state index in [-0.39, 0.29) is 30.3 Å². The summed E-state index contributed by atoms with van der Waals surface area (Å²) in [5.74, 6) is 0.586. The van der Waals surface area contributed by atoms with E-state index in [0.717, 1.165) is 5.56 Å². The van der Waals surface area contributed by atoms with Crippen LogP contribution in [-0.2, 0) is 21.2 Å². The third kappa shape index (κ3) is 3.77. The van der Waals surface area contributed by atoms with Gasteiger partial charge in [-0.2, -0.15) is 4.31 Å². The second-order valence-electron chi connectivity index (χ2n) is 6.22. The molecule has 1 amide bonds. The summed E-state index contributed by atoms with van der Waals surface area (Å²) in [6.07, 6.45) is 0.213. The van der Waals surface area contributed by atoms with Gasteiger partial charge < -0.3 is 9.42 Å². The van der Waals surface area contributed by atoms with Gasteiger partial charge in [0.15, 0.2) is 0 Å². The highest BCUT2D eigenvalue weighted by Crippen LogP contribution is 2.20. The molecule has 7 nitrogen and oxygen atoms in total. The molecule has 0 aliphatic carbocycles. The van der Waals surface area contributed by atoms with Crippen molar-refractivity contribution >= 4 is 27.5 Å². The molecule has 0 atom stereocenters. The molecule has 3 rings (SSSR count). The molecule has 0 radical (unpaired) electrons. The van der Waals surface area contributed by atoms with Crippen molar-refractivity contribution in [2.45, 2.75) is 25.2 Å². The van der Waals surface area contributed by atoms with Crippen molar-refractivity contribution < 1.29 is 17.7 Å². The summed E-state index contributed by atoms with van der Waals surface area (Å²) in [6, 6.07) is 6.09. The minimum absolute atomic E-state index is 0.0528. The highest BCUT2D eigenvalue weighted by molar-refractivity contribution is 7.89. The first-order valence-corrected chi connectivity index (χ1v) is 10.1. The van der Waals surface area contributed by atoms with E-state index in [1.54, 1.807) is 30.9 Å². The van der Waals surface area contributed by atoms with Gasteiger partial charge in [-0.1, -0.05) is 16.8 Å². The van der Waals surface area contributed by atoms with Gasteiger partial charge in [-0.25, -0.2) is 8.42 Å². The van der Waals surface area contributed by atoms with Crippen LogP contribution in [0.3, 0.4) is 0 Å². The van der Waals surface area contributed by atoms with Crippen LogP contribution in [0.15, 0.2) is 33.7 Å². The Labute approximate surface area is 157 Å². The fourth-order valence-corrected chi connectivity index (χ4v) is 4.50. The molecule has 26 heavy (non-hydrogen) atoms. The minimum Gasteiger partial charge on any atom is -0.361 e. The number of amides is 1. The maximum absolute atomic E-state index is 12.7. The fraction of sp³-hybridized carbons (Fsp3) is 0.412. The Morgan fingerprint density at radius 1 is 1.15 bits per heavy atom. The molecule has 2 heterocycles. The van der Waals surface area contributed by atoms with E-state index in [0.29, 0.717) is 29.6 Å². The zero-order chi connectivity index (χ0) is 18.9. The summed E-state index contributed by atoms with van der Waals surface area (Å²) >= 11 is 5.82. The normalized spacial score (nSPS) is 16.0. The number of nitrogens with zero attached hydrogens (tertiary/aromatic N) is 3. The van der Waals surface area contributed by atoms with Crippen molar-refractivity contribution in [2.75, 3.05) is 26.2 Å². The zero-order valence-corrected chi connectivity index (χ0v) is 16.2. The van der Waals surface area contributed by atoms with Crippen LogP contribution in [0.2, 0.25) is 5.02 Å². The monoisotopic (exact) mass is 397 g/mol. The number of aromatic nitrogens is 1. The van der Waals surface area contributed by atoms with Gasteiger partial charge in [0.25, 0.3) is 0 Å². The van der Waals surface area contributed by atoms with E-state index < -0.39 is 10.0 Å². The van der Waals surface area contributed by atoms with Crippen LogP contribution in [-0.4, -0.2) is 54.9 Å². The van der Waals surface area contributed by atoms with E-state index in [9.17, 15) is 13.2 Å². The molecule has 1 saturated heterocycles. The molecule has 0 bridgehead atoms. The van der Waals surface area contributed by atoms with Crippen molar-refractivity contribution in [1.82, 2.24) is 14.4 Å². The predicted molar refractivity (Wildman–Crippen MR) is 96.5 cm³/mol. The van der Waals surface area contributed by atoms with Gasteiger partial charge in [0.05, 0.1) is 17.0 Å². The number of hydrogen-bond acceptors (Lipinski definition) is 5. The quantitative estimate of drug-likeness (QED) is 0.788. The van der Waals surface area contributed by atoms with E-state index in [1.807, 2.05) is 0 Å². The summed E-state index contributed by atoms with van der Waals surface area (Å²) in [5.41, 5.74) is 1.51. The number of aryl methyl sites for hydroxylation is 2. The number of carbonyl (C=O) groups excluding carboxylic acids is 1. The summed E-state index contributed by atoms with van der Waals surface area (Å²) in [7, 11) is -3.58. The predicted octanol–water partition coefficient (Wildman–Crippen LogP) is 2.02.